The van der Waals surface area contributed by atoms with Crippen molar-refractivity contribution in [1.82, 2.24) is 0 Å². The molecule has 3 N–H and O–H groups in total. The number of nitrogens with two attached hydrogens (primary N) is 1. The van der Waals surface area contributed by atoms with E-state index in [1.807, 2.05) is 6.07 Å². The fourth-order valence-corrected chi connectivity index (χ4v) is 3.17. The summed E-state index contributed by atoms with van der Waals surface area (Å²) >= 11 is 0. The standard InChI is InChI=1S/C17H26N2O2/c1-3-4-12-5-7-13(8-6-12)19-14-9-10-16(18)15(11-14)17(20)21-2/h9-13,19H,3-8,18H2,1-2H3. The third kappa shape index (κ3) is 4.13. The highest BCUT2D eigenvalue weighted by molar-refractivity contribution is 5.96. The smallest absolute Gasteiger partial charge is 0.340 e. The number of anilines is 2. The summed E-state index contributed by atoms with van der Waals surface area (Å²) in [6.45, 7) is 2.26. The molecule has 4 heteroatoms. The molecule has 1 aliphatic rings. The van der Waals surface area contributed by atoms with Crippen LogP contribution in [0.3, 0.4) is 0 Å². The zero-order chi connectivity index (χ0) is 15.2. The van der Waals surface area contributed by atoms with Crippen molar-refractivity contribution in [2.45, 2.75) is 51.5 Å². The maximum absolute atomic E-state index is 11.7. The average molecular weight is 290 g/mol. The zero-order valence-corrected chi connectivity index (χ0v) is 13.0. The molecule has 1 aromatic carbocycles. The van der Waals surface area contributed by atoms with Crippen LogP contribution in [0, 0.1) is 5.92 Å². The van der Waals surface area contributed by atoms with Crippen molar-refractivity contribution in [3.63, 3.8) is 0 Å². The van der Waals surface area contributed by atoms with Crippen LogP contribution >= 0.6 is 0 Å². The van der Waals surface area contributed by atoms with E-state index in [1.165, 1.54) is 45.6 Å². The van der Waals surface area contributed by atoms with Crippen molar-refractivity contribution in [3.05, 3.63) is 23.8 Å². The van der Waals surface area contributed by atoms with Gasteiger partial charge in [-0.15, -0.1) is 0 Å². The largest absolute Gasteiger partial charge is 0.465 e. The predicted molar refractivity (Wildman–Crippen MR) is 86.5 cm³/mol. The Morgan fingerprint density at radius 2 is 2.05 bits per heavy atom. The van der Waals surface area contributed by atoms with E-state index >= 15 is 0 Å². The lowest BCUT2D eigenvalue weighted by Gasteiger charge is -2.29. The van der Waals surface area contributed by atoms with Crippen LogP contribution in [-0.4, -0.2) is 19.1 Å². The highest BCUT2D eigenvalue weighted by atomic mass is 16.5. The third-order valence-electron chi connectivity index (χ3n) is 4.37. The van der Waals surface area contributed by atoms with E-state index in [-0.39, 0.29) is 5.97 Å². The maximum Gasteiger partial charge on any atom is 0.340 e. The van der Waals surface area contributed by atoms with Gasteiger partial charge in [0.1, 0.15) is 0 Å². The number of nitrogens with one attached hydrogen (secondary N) is 1. The number of carbonyl (C=O) groups excluding carboxylic acids is 1. The van der Waals surface area contributed by atoms with Crippen LogP contribution in [0.15, 0.2) is 18.2 Å². The van der Waals surface area contributed by atoms with Crippen molar-refractivity contribution >= 4 is 17.3 Å². The van der Waals surface area contributed by atoms with Crippen LogP contribution in [0.25, 0.3) is 0 Å². The van der Waals surface area contributed by atoms with Gasteiger partial charge in [-0.05, 0) is 49.8 Å². The van der Waals surface area contributed by atoms with Gasteiger partial charge in [-0.2, -0.15) is 0 Å². The summed E-state index contributed by atoms with van der Waals surface area (Å²) in [5.74, 6) is 0.507. The summed E-state index contributed by atoms with van der Waals surface area (Å²) in [7, 11) is 1.37. The Labute approximate surface area is 127 Å². The van der Waals surface area contributed by atoms with E-state index < -0.39 is 0 Å². The van der Waals surface area contributed by atoms with Crippen LogP contribution in [0.2, 0.25) is 0 Å². The lowest BCUT2D eigenvalue weighted by molar-refractivity contribution is 0.0602. The molecule has 21 heavy (non-hydrogen) atoms. The lowest BCUT2D eigenvalue weighted by atomic mass is 9.83. The quantitative estimate of drug-likeness (QED) is 0.639. The first-order valence-electron chi connectivity index (χ1n) is 7.88. The van der Waals surface area contributed by atoms with Gasteiger partial charge in [-0.3, -0.25) is 0 Å². The Bertz CT molecular complexity index is 480. The first-order valence-corrected chi connectivity index (χ1v) is 7.88. The van der Waals surface area contributed by atoms with Gasteiger partial charge in [0, 0.05) is 17.4 Å². The van der Waals surface area contributed by atoms with Crippen LogP contribution in [0.5, 0.6) is 0 Å². The fourth-order valence-electron chi connectivity index (χ4n) is 3.17. The molecule has 4 nitrogen and oxygen atoms in total. The average Bonchev–Trinajstić information content (AvgIpc) is 2.50. The first kappa shape index (κ1) is 15.7. The Morgan fingerprint density at radius 1 is 1.33 bits per heavy atom. The second kappa shape index (κ2) is 7.34. The highest BCUT2D eigenvalue weighted by Crippen LogP contribution is 2.30. The monoisotopic (exact) mass is 290 g/mol. The molecule has 0 unspecified atom stereocenters. The molecular formula is C17H26N2O2. The van der Waals surface area contributed by atoms with Crippen molar-refractivity contribution in [2.75, 3.05) is 18.2 Å². The SMILES string of the molecule is CCCC1CCC(Nc2ccc(N)c(C(=O)OC)c2)CC1. The van der Waals surface area contributed by atoms with Gasteiger partial charge >= 0.3 is 5.97 Å². The Kier molecular flexibility index (Phi) is 5.48. The maximum atomic E-state index is 11.7. The predicted octanol–water partition coefficient (Wildman–Crippen LogP) is 3.83. The van der Waals surface area contributed by atoms with Gasteiger partial charge < -0.3 is 15.8 Å². The van der Waals surface area contributed by atoms with Crippen LogP contribution < -0.4 is 11.1 Å². The Balaban J connectivity index is 1.96. The van der Waals surface area contributed by atoms with E-state index in [2.05, 4.69) is 12.2 Å². The van der Waals surface area contributed by atoms with Crippen LogP contribution in [-0.2, 0) is 4.74 Å². The van der Waals surface area contributed by atoms with Gasteiger partial charge in [0.25, 0.3) is 0 Å². The summed E-state index contributed by atoms with van der Waals surface area (Å²) in [6.07, 6.45) is 7.62. The number of hydrogen-bond acceptors (Lipinski definition) is 4. The minimum absolute atomic E-state index is 0.386. The number of methoxy groups -OCH3 is 1. The zero-order valence-electron chi connectivity index (χ0n) is 13.0. The highest BCUT2D eigenvalue weighted by Gasteiger charge is 2.21. The van der Waals surface area contributed by atoms with Crippen molar-refractivity contribution < 1.29 is 9.53 Å². The Hall–Kier alpha value is -1.71. The minimum atomic E-state index is -0.386. The molecule has 1 saturated carbocycles. The number of rotatable bonds is 5. The second-order valence-corrected chi connectivity index (χ2v) is 5.94. The third-order valence-corrected chi connectivity index (χ3v) is 4.37. The summed E-state index contributed by atoms with van der Waals surface area (Å²) in [4.78, 5) is 11.7. The molecule has 1 aliphatic carbocycles. The van der Waals surface area contributed by atoms with Gasteiger partial charge in [-0.1, -0.05) is 19.8 Å². The molecule has 0 amide bonds. The molecule has 0 bridgehead atoms. The van der Waals surface area contributed by atoms with E-state index in [4.69, 9.17) is 10.5 Å². The summed E-state index contributed by atoms with van der Waals surface area (Å²) in [5.41, 5.74) is 7.66. The molecule has 0 aliphatic heterocycles. The number of benzene rings is 1. The van der Waals surface area contributed by atoms with Gasteiger partial charge in [0.15, 0.2) is 0 Å². The summed E-state index contributed by atoms with van der Waals surface area (Å²) in [5, 5.41) is 3.53. The molecule has 1 fully saturated rings. The number of esters is 1. The first-order chi connectivity index (χ1) is 10.1. The minimum Gasteiger partial charge on any atom is -0.465 e. The lowest BCUT2D eigenvalue weighted by Crippen LogP contribution is -2.26. The molecule has 0 radical (unpaired) electrons. The van der Waals surface area contributed by atoms with Crippen LogP contribution in [0.4, 0.5) is 11.4 Å². The molecule has 0 aromatic heterocycles. The number of carbonyl (C=O) groups is 1. The number of nitrogen functional groups attached to an aromatic ring is 1. The van der Waals surface area contributed by atoms with Crippen LogP contribution in [0.1, 0.15) is 55.8 Å². The molecule has 0 heterocycles. The molecular weight excluding hydrogens is 264 g/mol. The van der Waals surface area contributed by atoms with Crippen molar-refractivity contribution in [1.29, 1.82) is 0 Å². The van der Waals surface area contributed by atoms with Gasteiger partial charge in [0.05, 0.1) is 12.7 Å². The summed E-state index contributed by atoms with van der Waals surface area (Å²) < 4.78 is 4.76. The molecule has 116 valence electrons. The molecule has 2 rings (SSSR count). The number of hydrogen-bond donors (Lipinski definition) is 2. The molecule has 0 spiro atoms. The van der Waals surface area contributed by atoms with E-state index in [0.717, 1.165) is 11.6 Å². The molecule has 0 saturated heterocycles. The fraction of sp³-hybridized carbons (Fsp3) is 0.588. The van der Waals surface area contributed by atoms with E-state index in [0.29, 0.717) is 17.3 Å². The van der Waals surface area contributed by atoms with Gasteiger partial charge in [-0.25, -0.2) is 4.79 Å². The molecule has 0 atom stereocenters. The molecule has 1 aromatic rings. The normalized spacial score (nSPS) is 21.8. The Morgan fingerprint density at radius 3 is 2.67 bits per heavy atom. The topological polar surface area (TPSA) is 64.3 Å². The van der Waals surface area contributed by atoms with E-state index in [9.17, 15) is 4.79 Å². The van der Waals surface area contributed by atoms with Crippen molar-refractivity contribution in [2.24, 2.45) is 5.92 Å². The van der Waals surface area contributed by atoms with E-state index in [1.54, 1.807) is 12.1 Å². The van der Waals surface area contributed by atoms with Crippen molar-refractivity contribution in [3.8, 4) is 0 Å². The number of ether oxygens (including phenoxy) is 1. The second-order valence-electron chi connectivity index (χ2n) is 5.94. The van der Waals surface area contributed by atoms with Gasteiger partial charge in [0.2, 0.25) is 0 Å². The summed E-state index contributed by atoms with van der Waals surface area (Å²) in [6, 6.07) is 5.98.